The summed E-state index contributed by atoms with van der Waals surface area (Å²) in [7, 11) is 1.66. The Morgan fingerprint density at radius 1 is 1.69 bits per heavy atom. The molecule has 2 N–H and O–H groups in total. The molecule has 0 atom stereocenters. The molecule has 13 heavy (non-hydrogen) atoms. The Kier molecular flexibility index (Phi) is 3.90. The van der Waals surface area contributed by atoms with Gasteiger partial charge in [0.25, 0.3) is 7.11 Å². The summed E-state index contributed by atoms with van der Waals surface area (Å²) >= 11 is 8.02. The molecule has 1 heterocycles. The topological polar surface area (TPSA) is 37.3 Å². The molecule has 1 aromatic rings. The zero-order valence-corrected chi connectivity index (χ0v) is 9.81. The Balaban J connectivity index is 2.97. The number of thiocarbonyl (C=S) groups is 1. The lowest BCUT2D eigenvalue weighted by Crippen LogP contribution is -2.07. The van der Waals surface area contributed by atoms with Gasteiger partial charge in [0, 0.05) is 10.9 Å². The predicted octanol–water partition coefficient (Wildman–Crippen LogP) is 2.05. The van der Waals surface area contributed by atoms with E-state index in [0.29, 0.717) is 4.99 Å². The molecule has 1 aromatic heterocycles. The second-order valence-electron chi connectivity index (χ2n) is 2.26. The lowest BCUT2D eigenvalue weighted by molar-refractivity contribution is -0.219. The van der Waals surface area contributed by atoms with Crippen molar-refractivity contribution in [1.29, 1.82) is 0 Å². The molecule has 70 valence electrons. The van der Waals surface area contributed by atoms with Crippen molar-refractivity contribution in [2.24, 2.45) is 5.73 Å². The van der Waals surface area contributed by atoms with Crippen molar-refractivity contribution in [3.05, 3.63) is 21.9 Å². The first-order valence-corrected chi connectivity index (χ1v) is 6.04. The summed E-state index contributed by atoms with van der Waals surface area (Å²) in [5.41, 5.74) is 6.39. The van der Waals surface area contributed by atoms with Crippen LogP contribution in [0.2, 0.25) is 0 Å². The predicted molar refractivity (Wildman–Crippen MR) is 64.0 cm³/mol. The van der Waals surface area contributed by atoms with E-state index in [1.807, 2.05) is 17.7 Å². The van der Waals surface area contributed by atoms with Gasteiger partial charge in [-0.1, -0.05) is 12.2 Å². The molecule has 0 saturated carbocycles. The molecule has 5 heteroatoms. The first-order chi connectivity index (χ1) is 6.19. The first kappa shape index (κ1) is 10.7. The minimum atomic E-state index is 0.430. The fraction of sp³-hybridized carbons (Fsp3) is 0.250. The minimum absolute atomic E-state index is 0.430. The Hall–Kier alpha value is -0.390. The van der Waals surface area contributed by atoms with Crippen LogP contribution in [0.3, 0.4) is 0 Å². The molecule has 0 unspecified atom stereocenters. The lowest BCUT2D eigenvalue weighted by atomic mass is 10.3. The number of hydrogen-bond donors (Lipinski definition) is 1. The quantitative estimate of drug-likeness (QED) is 0.626. The van der Waals surface area contributed by atoms with E-state index in [1.54, 1.807) is 30.2 Å². The van der Waals surface area contributed by atoms with Crippen molar-refractivity contribution in [3.8, 4) is 0 Å². The molecule has 0 aliphatic carbocycles. The number of nitrogens with two attached hydrogens (primary N) is 1. The molecule has 0 saturated heterocycles. The molecule has 0 radical (unpaired) electrons. The van der Waals surface area contributed by atoms with Gasteiger partial charge in [0.2, 0.25) is 0 Å². The molecule has 0 fully saturated rings. The summed E-state index contributed by atoms with van der Waals surface area (Å²) < 4.78 is 5.18. The van der Waals surface area contributed by atoms with E-state index in [4.69, 9.17) is 22.4 Å². The van der Waals surface area contributed by atoms with Crippen LogP contribution in [-0.2, 0) is 0 Å². The van der Waals surface area contributed by atoms with Gasteiger partial charge in [-0.15, -0.1) is 11.3 Å². The third kappa shape index (κ3) is 2.52. The van der Waals surface area contributed by atoms with E-state index >= 15 is 0 Å². The summed E-state index contributed by atoms with van der Waals surface area (Å²) in [6, 6.07) is 1.95. The van der Waals surface area contributed by atoms with E-state index in [1.165, 1.54) is 0 Å². The molecular formula is C8H10NOS3+. The minimum Gasteiger partial charge on any atom is -0.389 e. The summed E-state index contributed by atoms with van der Waals surface area (Å²) in [5.74, 6) is 0. The van der Waals surface area contributed by atoms with Gasteiger partial charge in [-0.3, -0.25) is 0 Å². The van der Waals surface area contributed by atoms with Gasteiger partial charge in [0.05, 0.1) is 0 Å². The average molecular weight is 232 g/mol. The summed E-state index contributed by atoms with van der Waals surface area (Å²) in [5, 5.41) is 2.83. The Bertz CT molecular complexity index is 343. The summed E-state index contributed by atoms with van der Waals surface area (Å²) in [4.78, 5) is 1.50. The highest BCUT2D eigenvalue weighted by Crippen LogP contribution is 2.19. The van der Waals surface area contributed by atoms with Crippen molar-refractivity contribution in [3.63, 3.8) is 0 Å². The Morgan fingerprint density at radius 2 is 2.38 bits per heavy atom. The normalized spacial score (nSPS) is 11.7. The smallest absolute Gasteiger partial charge is 0.389 e. The molecule has 0 aliphatic heterocycles. The van der Waals surface area contributed by atoms with E-state index in [-0.39, 0.29) is 0 Å². The number of hydrogen-bond acceptors (Lipinski definition) is 3. The highest BCUT2D eigenvalue weighted by Gasteiger charge is 2.15. The third-order valence-electron chi connectivity index (χ3n) is 1.46. The van der Waals surface area contributed by atoms with Crippen LogP contribution < -0.4 is 5.73 Å². The van der Waals surface area contributed by atoms with Crippen LogP contribution in [0, 0.1) is 0 Å². The van der Waals surface area contributed by atoms with Crippen LogP contribution in [0.1, 0.15) is 14.9 Å². The van der Waals surface area contributed by atoms with Crippen molar-refractivity contribution < 1.29 is 4.42 Å². The summed E-state index contributed by atoms with van der Waals surface area (Å²) in [6.45, 7) is 0. The zero-order chi connectivity index (χ0) is 9.84. The highest BCUT2D eigenvalue weighted by atomic mass is 32.2. The maximum atomic E-state index is 5.49. The monoisotopic (exact) mass is 232 g/mol. The molecule has 0 aromatic carbocycles. The number of thiophene rings is 1. The maximum Gasteiger partial charge on any atom is 0.395 e. The van der Waals surface area contributed by atoms with Gasteiger partial charge >= 0.3 is 5.12 Å². The molecule has 0 aliphatic rings. The van der Waals surface area contributed by atoms with Crippen LogP contribution in [0.15, 0.2) is 11.4 Å². The van der Waals surface area contributed by atoms with Crippen molar-refractivity contribution in [2.45, 2.75) is 0 Å². The van der Waals surface area contributed by atoms with E-state index < -0.39 is 0 Å². The van der Waals surface area contributed by atoms with Crippen molar-refractivity contribution in [2.75, 3.05) is 13.4 Å². The van der Waals surface area contributed by atoms with Crippen LogP contribution in [0.4, 0.5) is 0 Å². The Labute approximate surface area is 90.8 Å². The van der Waals surface area contributed by atoms with Gasteiger partial charge in [-0.05, 0) is 24.1 Å². The van der Waals surface area contributed by atoms with Crippen LogP contribution in [0.25, 0.3) is 0 Å². The molecule has 1 rings (SSSR count). The standard InChI is InChI=1S/C8H9NOS3/c1-10-8(12-2)6-3-5(4-13-6)7(9)11/h3-4H,1-2H3,(H-,9,11)/p+1. The van der Waals surface area contributed by atoms with Gasteiger partial charge < -0.3 is 5.73 Å². The van der Waals surface area contributed by atoms with Crippen LogP contribution in [-0.4, -0.2) is 23.5 Å². The Morgan fingerprint density at radius 3 is 2.77 bits per heavy atom. The van der Waals surface area contributed by atoms with Crippen LogP contribution >= 0.6 is 35.3 Å². The molecule has 2 nitrogen and oxygen atoms in total. The van der Waals surface area contributed by atoms with Gasteiger partial charge in [-0.2, -0.15) is 0 Å². The van der Waals surface area contributed by atoms with E-state index in [9.17, 15) is 0 Å². The SMILES string of the molecule is C[O+]=C(SC)c1cc(C(N)=S)cs1. The summed E-state index contributed by atoms with van der Waals surface area (Å²) in [6.07, 6.45) is 1.97. The average Bonchev–Trinajstić information content (AvgIpc) is 2.56. The number of rotatable bonds is 2. The number of carbonyl (C=O) groups excluding carboxylic acids is 1. The maximum absolute atomic E-state index is 5.49. The second kappa shape index (κ2) is 4.74. The zero-order valence-electron chi connectivity index (χ0n) is 7.37. The second-order valence-corrected chi connectivity index (χ2v) is 4.39. The highest BCUT2D eigenvalue weighted by molar-refractivity contribution is 8.13. The molecule has 0 spiro atoms. The van der Waals surface area contributed by atoms with Gasteiger partial charge in [0.15, 0.2) is 0 Å². The van der Waals surface area contributed by atoms with E-state index in [2.05, 4.69) is 0 Å². The molecular weight excluding hydrogens is 222 g/mol. The van der Waals surface area contributed by atoms with E-state index in [0.717, 1.165) is 15.6 Å². The van der Waals surface area contributed by atoms with Crippen LogP contribution in [0.5, 0.6) is 0 Å². The van der Waals surface area contributed by atoms with Crippen molar-refractivity contribution in [1.82, 2.24) is 0 Å². The fourth-order valence-corrected chi connectivity index (χ4v) is 2.69. The number of thioether (sulfide) groups is 1. The third-order valence-corrected chi connectivity index (χ3v) is 3.51. The van der Waals surface area contributed by atoms with Gasteiger partial charge in [0.1, 0.15) is 9.87 Å². The van der Waals surface area contributed by atoms with Gasteiger partial charge in [-0.25, -0.2) is 4.42 Å². The first-order valence-electron chi connectivity index (χ1n) is 3.52. The lowest BCUT2D eigenvalue weighted by Gasteiger charge is -1.87. The molecule has 0 amide bonds. The van der Waals surface area contributed by atoms with Crippen molar-refractivity contribution >= 4 is 45.4 Å². The largest absolute Gasteiger partial charge is 0.395 e. The fourth-order valence-electron chi connectivity index (χ4n) is 0.857. The molecule has 0 bridgehead atoms.